The van der Waals surface area contributed by atoms with Crippen molar-refractivity contribution >= 4 is 12.1 Å². The normalized spacial score (nSPS) is 14.0. The quantitative estimate of drug-likeness (QED) is 0.279. The molecule has 2 N–H and O–H groups in total. The molecule has 1 aliphatic carbocycles. The van der Waals surface area contributed by atoms with Gasteiger partial charge in [0.15, 0.2) is 0 Å². The van der Waals surface area contributed by atoms with Crippen LogP contribution in [0.3, 0.4) is 0 Å². The van der Waals surface area contributed by atoms with Crippen molar-refractivity contribution in [3.05, 3.63) is 59.7 Å². The van der Waals surface area contributed by atoms with E-state index in [9.17, 15) is 14.0 Å². The molecule has 3 rings (SSSR count). The van der Waals surface area contributed by atoms with Crippen molar-refractivity contribution < 1.29 is 23.5 Å². The summed E-state index contributed by atoms with van der Waals surface area (Å²) in [6.07, 6.45) is 3.84. The Morgan fingerprint density at radius 1 is 0.971 bits per heavy atom. The zero-order chi connectivity index (χ0) is 25.0. The van der Waals surface area contributed by atoms with Crippen LogP contribution in [0.15, 0.2) is 48.5 Å². The van der Waals surface area contributed by atoms with Gasteiger partial charge < -0.3 is 20.1 Å². The minimum Gasteiger partial charge on any atom is -0.462 e. The van der Waals surface area contributed by atoms with Gasteiger partial charge in [-0.05, 0) is 48.6 Å². The van der Waals surface area contributed by atoms with Crippen LogP contribution in [0.2, 0.25) is 0 Å². The molecule has 0 fully saturated rings. The van der Waals surface area contributed by atoms with Crippen LogP contribution in [0.4, 0.5) is 9.18 Å². The second-order valence-electron chi connectivity index (χ2n) is 9.01. The molecule has 0 aromatic heterocycles. The van der Waals surface area contributed by atoms with E-state index in [1.807, 2.05) is 36.4 Å². The Balaban J connectivity index is 1.47. The molecule has 2 atom stereocenters. The van der Waals surface area contributed by atoms with Gasteiger partial charge in [-0.25, -0.2) is 4.79 Å². The van der Waals surface area contributed by atoms with Gasteiger partial charge in [0.25, 0.3) is 0 Å². The number of carbonyl (C=O) groups excluding carboxylic acids is 2. The Morgan fingerprint density at radius 3 is 2.26 bits per heavy atom. The Hall–Kier alpha value is -2.93. The van der Waals surface area contributed by atoms with E-state index in [1.165, 1.54) is 6.42 Å². The topological polar surface area (TPSA) is 76.7 Å². The molecule has 1 aliphatic rings. The van der Waals surface area contributed by atoms with E-state index in [1.54, 1.807) is 6.92 Å². The smallest absolute Gasteiger partial charge is 0.407 e. The lowest BCUT2D eigenvalue weighted by atomic mass is 9.98. The van der Waals surface area contributed by atoms with Gasteiger partial charge in [-0.3, -0.25) is 9.18 Å². The molecule has 0 bridgehead atoms. The van der Waals surface area contributed by atoms with Crippen LogP contribution in [-0.4, -0.2) is 50.6 Å². The molecule has 35 heavy (non-hydrogen) atoms. The second-order valence-corrected chi connectivity index (χ2v) is 9.01. The summed E-state index contributed by atoms with van der Waals surface area (Å²) in [4.78, 5) is 24.8. The zero-order valence-corrected chi connectivity index (χ0v) is 20.7. The summed E-state index contributed by atoms with van der Waals surface area (Å²) in [5, 5.41) is 5.80. The highest BCUT2D eigenvalue weighted by Crippen LogP contribution is 2.44. The molecule has 190 valence electrons. The number of amides is 1. The third kappa shape index (κ3) is 7.52. The predicted molar refractivity (Wildman–Crippen MR) is 135 cm³/mol. The van der Waals surface area contributed by atoms with E-state index >= 15 is 0 Å². The number of fused-ring (bicyclic) bond motifs is 3. The van der Waals surface area contributed by atoms with Crippen molar-refractivity contribution in [2.75, 3.05) is 26.4 Å². The Bertz CT molecular complexity index is 922. The summed E-state index contributed by atoms with van der Waals surface area (Å²) in [7, 11) is 0. The highest BCUT2D eigenvalue weighted by Gasteiger charge is 2.29. The minimum atomic E-state index is -0.656. The van der Waals surface area contributed by atoms with Crippen molar-refractivity contribution in [2.24, 2.45) is 0 Å². The number of halogens is 1. The molecule has 0 saturated heterocycles. The van der Waals surface area contributed by atoms with Crippen LogP contribution in [0.25, 0.3) is 11.1 Å². The molecule has 6 nitrogen and oxygen atoms in total. The fourth-order valence-electron chi connectivity index (χ4n) is 4.40. The highest BCUT2D eigenvalue weighted by molar-refractivity contribution is 5.79. The number of esters is 1. The first-order chi connectivity index (χ1) is 17.0. The molecule has 0 aliphatic heterocycles. The Kier molecular flexibility index (Phi) is 10.5. The number of benzene rings is 2. The van der Waals surface area contributed by atoms with Crippen molar-refractivity contribution in [2.45, 2.75) is 64.0 Å². The number of nitrogens with one attached hydrogen (secondary N) is 2. The number of carbonyl (C=O) groups is 2. The maximum absolute atomic E-state index is 13.1. The summed E-state index contributed by atoms with van der Waals surface area (Å²) >= 11 is 0. The average molecular weight is 485 g/mol. The SMILES string of the molecule is CCCCCCN[C@@H](C)C(=O)OC[C@@H](CCF)NC(=O)OCC1c2ccccc2-c2ccccc21. The monoisotopic (exact) mass is 484 g/mol. The molecule has 0 radical (unpaired) electrons. The lowest BCUT2D eigenvalue weighted by Gasteiger charge is -2.20. The number of hydrogen-bond acceptors (Lipinski definition) is 5. The maximum Gasteiger partial charge on any atom is 0.407 e. The van der Waals surface area contributed by atoms with Gasteiger partial charge in [0.05, 0.1) is 12.7 Å². The molecule has 2 aromatic rings. The number of rotatable bonds is 14. The fraction of sp³-hybridized carbons (Fsp3) is 0.500. The number of hydrogen-bond donors (Lipinski definition) is 2. The van der Waals surface area contributed by atoms with E-state index in [0.29, 0.717) is 0 Å². The van der Waals surface area contributed by atoms with Crippen molar-refractivity contribution in [1.29, 1.82) is 0 Å². The second kappa shape index (κ2) is 13.8. The summed E-state index contributed by atoms with van der Waals surface area (Å²) in [5.74, 6) is -0.478. The molecule has 0 saturated carbocycles. The van der Waals surface area contributed by atoms with E-state index in [4.69, 9.17) is 9.47 Å². The maximum atomic E-state index is 13.1. The number of ether oxygens (including phenoxy) is 2. The first-order valence-electron chi connectivity index (χ1n) is 12.6. The number of alkyl carbamates (subject to hydrolysis) is 1. The molecule has 0 unspecified atom stereocenters. The van der Waals surface area contributed by atoms with E-state index in [2.05, 4.69) is 29.7 Å². The minimum absolute atomic E-state index is 0.0380. The van der Waals surface area contributed by atoms with Crippen LogP contribution >= 0.6 is 0 Å². The van der Waals surface area contributed by atoms with E-state index < -0.39 is 30.8 Å². The molecular formula is C28H37FN2O4. The molecule has 0 spiro atoms. The highest BCUT2D eigenvalue weighted by atomic mass is 19.1. The molecule has 7 heteroatoms. The standard InChI is InChI=1S/C28H37FN2O4/c1-3-4-5-10-17-30-20(2)27(32)34-18-21(15-16-29)31-28(33)35-19-26-24-13-8-6-11-22(24)23-12-7-9-14-25(23)26/h6-9,11-14,20-21,26,30H,3-5,10,15-19H2,1-2H3,(H,31,33)/t20-,21+/m0/s1. The summed E-state index contributed by atoms with van der Waals surface area (Å²) in [6, 6.07) is 15.1. The van der Waals surface area contributed by atoms with Crippen molar-refractivity contribution in [3.8, 4) is 11.1 Å². The van der Waals surface area contributed by atoms with Crippen LogP contribution in [0.5, 0.6) is 0 Å². The van der Waals surface area contributed by atoms with E-state index in [0.717, 1.165) is 48.1 Å². The Labute approximate surface area is 207 Å². The molecular weight excluding hydrogens is 447 g/mol. The molecule has 0 heterocycles. The fourth-order valence-corrected chi connectivity index (χ4v) is 4.40. The largest absolute Gasteiger partial charge is 0.462 e. The van der Waals surface area contributed by atoms with Gasteiger partial charge in [-0.15, -0.1) is 0 Å². The van der Waals surface area contributed by atoms with E-state index in [-0.39, 0.29) is 25.6 Å². The van der Waals surface area contributed by atoms with Gasteiger partial charge in [-0.2, -0.15) is 0 Å². The third-order valence-corrected chi connectivity index (χ3v) is 6.38. The van der Waals surface area contributed by atoms with Gasteiger partial charge in [-0.1, -0.05) is 74.7 Å². The van der Waals surface area contributed by atoms with Crippen LogP contribution < -0.4 is 10.6 Å². The number of unbranched alkanes of at least 4 members (excludes halogenated alkanes) is 3. The van der Waals surface area contributed by atoms with Gasteiger partial charge in [0.1, 0.15) is 19.3 Å². The average Bonchev–Trinajstić information content (AvgIpc) is 3.19. The van der Waals surface area contributed by atoms with Crippen LogP contribution in [0, 0.1) is 0 Å². The summed E-state index contributed by atoms with van der Waals surface area (Å²) in [5.41, 5.74) is 4.53. The first-order valence-corrected chi connectivity index (χ1v) is 12.6. The summed E-state index contributed by atoms with van der Waals surface area (Å²) in [6.45, 7) is 4.05. The first kappa shape index (κ1) is 26.7. The lowest BCUT2D eigenvalue weighted by Crippen LogP contribution is -2.42. The van der Waals surface area contributed by atoms with Crippen molar-refractivity contribution in [3.63, 3.8) is 0 Å². The molecule has 2 aromatic carbocycles. The van der Waals surface area contributed by atoms with Crippen LogP contribution in [0.1, 0.15) is 63.0 Å². The third-order valence-electron chi connectivity index (χ3n) is 6.38. The number of alkyl halides is 1. The van der Waals surface area contributed by atoms with Crippen molar-refractivity contribution in [1.82, 2.24) is 10.6 Å². The van der Waals surface area contributed by atoms with Gasteiger partial charge in [0.2, 0.25) is 0 Å². The predicted octanol–water partition coefficient (Wildman–Crippen LogP) is 5.35. The lowest BCUT2D eigenvalue weighted by molar-refractivity contribution is -0.146. The Morgan fingerprint density at radius 2 is 1.63 bits per heavy atom. The van der Waals surface area contributed by atoms with Gasteiger partial charge >= 0.3 is 12.1 Å². The zero-order valence-electron chi connectivity index (χ0n) is 20.7. The van der Waals surface area contributed by atoms with Gasteiger partial charge in [0, 0.05) is 5.92 Å². The van der Waals surface area contributed by atoms with Crippen LogP contribution in [-0.2, 0) is 14.3 Å². The molecule has 1 amide bonds. The summed E-state index contributed by atoms with van der Waals surface area (Å²) < 4.78 is 23.9.